The van der Waals surface area contributed by atoms with Gasteiger partial charge in [0.1, 0.15) is 5.15 Å². The second-order valence-electron chi connectivity index (χ2n) is 5.39. The van der Waals surface area contributed by atoms with Gasteiger partial charge in [-0.3, -0.25) is 4.90 Å². The monoisotopic (exact) mass is 373 g/mol. The molecule has 2 aromatic rings. The molecular formula is C17H22Cl3N3. The Morgan fingerprint density at radius 3 is 2.65 bits per heavy atom. The van der Waals surface area contributed by atoms with Gasteiger partial charge in [0, 0.05) is 43.2 Å². The van der Waals surface area contributed by atoms with Gasteiger partial charge in [-0.1, -0.05) is 35.9 Å². The van der Waals surface area contributed by atoms with Crippen molar-refractivity contribution in [3.63, 3.8) is 0 Å². The van der Waals surface area contributed by atoms with Gasteiger partial charge in [0.2, 0.25) is 0 Å². The molecular weight excluding hydrogens is 353 g/mol. The molecule has 0 radical (unpaired) electrons. The second kappa shape index (κ2) is 9.45. The summed E-state index contributed by atoms with van der Waals surface area (Å²) in [5.41, 5.74) is 2.06. The summed E-state index contributed by atoms with van der Waals surface area (Å²) < 4.78 is 0. The van der Waals surface area contributed by atoms with E-state index in [1.807, 2.05) is 24.3 Å². The lowest BCUT2D eigenvalue weighted by molar-refractivity contribution is 0.174. The Hall–Kier alpha value is -0.840. The molecule has 0 saturated carbocycles. The molecule has 126 valence electrons. The first-order chi connectivity index (χ1) is 10.3. The highest BCUT2D eigenvalue weighted by atomic mass is 35.5. The van der Waals surface area contributed by atoms with E-state index in [-0.39, 0.29) is 30.9 Å². The number of halogens is 3. The average molecular weight is 375 g/mol. The predicted octanol–water partition coefficient (Wildman–Crippen LogP) is 4.25. The fourth-order valence-electron chi connectivity index (χ4n) is 2.97. The molecule has 23 heavy (non-hydrogen) atoms. The molecule has 0 bridgehead atoms. The largest absolute Gasteiger partial charge is 0.314 e. The molecule has 0 unspecified atom stereocenters. The Balaban J connectivity index is 0.00000132. The summed E-state index contributed by atoms with van der Waals surface area (Å²) in [6.45, 7) is 8.01. The lowest BCUT2D eigenvalue weighted by Crippen LogP contribution is -2.45. The Kier molecular flexibility index (Phi) is 8.31. The molecule has 1 fully saturated rings. The van der Waals surface area contributed by atoms with E-state index in [1.165, 1.54) is 0 Å². The van der Waals surface area contributed by atoms with Crippen LogP contribution in [0, 0.1) is 0 Å². The van der Waals surface area contributed by atoms with Crippen LogP contribution in [-0.2, 0) is 0 Å². The fraction of sp³-hybridized carbons (Fsp3) is 0.353. The fourth-order valence-corrected chi connectivity index (χ4v) is 3.24. The van der Waals surface area contributed by atoms with Gasteiger partial charge in [0.05, 0.1) is 5.52 Å². The van der Waals surface area contributed by atoms with Crippen molar-refractivity contribution >= 4 is 47.3 Å². The number of fused-ring (bicyclic) bond motifs is 1. The summed E-state index contributed by atoms with van der Waals surface area (Å²) in [6, 6.07) is 10.6. The van der Waals surface area contributed by atoms with Crippen LogP contribution in [0.25, 0.3) is 10.9 Å². The van der Waals surface area contributed by atoms with Gasteiger partial charge in [-0.05, 0) is 18.6 Å². The minimum atomic E-state index is 0. The number of pyridine rings is 1. The van der Waals surface area contributed by atoms with Crippen molar-refractivity contribution < 1.29 is 0 Å². The standard InChI is InChI=1S/C17H20ClN3.2ClH/c1-2-5-16(21-10-8-19-9-11-21)14-12-13-6-3-4-7-15(13)20-17(14)18;;/h2-4,6-7,12,16,19H,1,5,8-11H2;2*1H/t16-;;/m1../s1. The smallest absolute Gasteiger partial charge is 0.134 e. The van der Waals surface area contributed by atoms with E-state index in [1.54, 1.807) is 0 Å². The zero-order valence-corrected chi connectivity index (χ0v) is 15.3. The van der Waals surface area contributed by atoms with E-state index in [4.69, 9.17) is 11.6 Å². The molecule has 0 aliphatic carbocycles. The zero-order valence-electron chi connectivity index (χ0n) is 12.9. The minimum absolute atomic E-state index is 0. The SMILES string of the molecule is C=CC[C@H](c1cc2ccccc2nc1Cl)N1CCNCC1.Cl.Cl. The minimum Gasteiger partial charge on any atom is -0.314 e. The zero-order chi connectivity index (χ0) is 14.7. The molecule has 2 heterocycles. The molecule has 1 aliphatic heterocycles. The molecule has 3 rings (SSSR count). The Morgan fingerprint density at radius 2 is 1.96 bits per heavy atom. The molecule has 3 nitrogen and oxygen atoms in total. The summed E-state index contributed by atoms with van der Waals surface area (Å²) in [7, 11) is 0. The van der Waals surface area contributed by atoms with Crippen molar-refractivity contribution in [2.75, 3.05) is 26.2 Å². The van der Waals surface area contributed by atoms with Gasteiger partial charge in [-0.25, -0.2) is 4.98 Å². The Labute approximate surface area is 154 Å². The van der Waals surface area contributed by atoms with Crippen molar-refractivity contribution in [2.45, 2.75) is 12.5 Å². The van der Waals surface area contributed by atoms with Gasteiger partial charge in [0.25, 0.3) is 0 Å². The maximum atomic E-state index is 6.47. The third kappa shape index (κ3) is 4.59. The van der Waals surface area contributed by atoms with Crippen molar-refractivity contribution in [1.82, 2.24) is 15.2 Å². The van der Waals surface area contributed by atoms with Crippen molar-refractivity contribution in [3.8, 4) is 0 Å². The quantitative estimate of drug-likeness (QED) is 0.640. The molecule has 0 amide bonds. The normalized spacial score (nSPS) is 16.2. The lowest BCUT2D eigenvalue weighted by Gasteiger charge is -2.35. The van der Waals surface area contributed by atoms with Crippen LogP contribution in [0.2, 0.25) is 5.15 Å². The van der Waals surface area contributed by atoms with Crippen LogP contribution in [0.4, 0.5) is 0 Å². The Bertz CT molecular complexity index is 642. The van der Waals surface area contributed by atoms with E-state index in [2.05, 4.69) is 33.9 Å². The van der Waals surface area contributed by atoms with Gasteiger partial charge in [-0.2, -0.15) is 0 Å². The molecule has 1 aromatic carbocycles. The van der Waals surface area contributed by atoms with Crippen molar-refractivity contribution in [3.05, 3.63) is 53.7 Å². The van der Waals surface area contributed by atoms with Crippen LogP contribution in [-0.4, -0.2) is 36.1 Å². The van der Waals surface area contributed by atoms with Crippen LogP contribution in [0.1, 0.15) is 18.0 Å². The summed E-state index contributed by atoms with van der Waals surface area (Å²) in [5, 5.41) is 5.14. The third-order valence-electron chi connectivity index (χ3n) is 4.05. The van der Waals surface area contributed by atoms with Crippen LogP contribution >= 0.6 is 36.4 Å². The number of hydrogen-bond acceptors (Lipinski definition) is 3. The number of piperazine rings is 1. The number of rotatable bonds is 4. The Morgan fingerprint density at radius 1 is 1.26 bits per heavy atom. The topological polar surface area (TPSA) is 28.2 Å². The van der Waals surface area contributed by atoms with Crippen molar-refractivity contribution in [1.29, 1.82) is 0 Å². The molecule has 1 aliphatic rings. The summed E-state index contributed by atoms with van der Waals surface area (Å²) in [6.07, 6.45) is 2.86. The number of hydrogen-bond donors (Lipinski definition) is 1. The van der Waals surface area contributed by atoms with Gasteiger partial charge in [0.15, 0.2) is 0 Å². The molecule has 0 spiro atoms. The van der Waals surface area contributed by atoms with E-state index >= 15 is 0 Å². The summed E-state index contributed by atoms with van der Waals surface area (Å²) in [4.78, 5) is 7.03. The van der Waals surface area contributed by atoms with Gasteiger partial charge < -0.3 is 5.32 Å². The summed E-state index contributed by atoms with van der Waals surface area (Å²) >= 11 is 6.47. The molecule has 6 heteroatoms. The van der Waals surface area contributed by atoms with E-state index in [0.717, 1.165) is 49.1 Å². The van der Waals surface area contributed by atoms with E-state index in [0.29, 0.717) is 5.15 Å². The van der Waals surface area contributed by atoms with Gasteiger partial charge >= 0.3 is 0 Å². The third-order valence-corrected chi connectivity index (χ3v) is 4.35. The number of nitrogens with zero attached hydrogens (tertiary/aromatic N) is 2. The molecule has 1 atom stereocenters. The maximum Gasteiger partial charge on any atom is 0.134 e. The van der Waals surface area contributed by atoms with E-state index < -0.39 is 0 Å². The molecule has 1 saturated heterocycles. The van der Waals surface area contributed by atoms with Crippen LogP contribution in [0.15, 0.2) is 43.0 Å². The lowest BCUT2D eigenvalue weighted by atomic mass is 10.0. The van der Waals surface area contributed by atoms with Crippen LogP contribution < -0.4 is 5.32 Å². The number of para-hydroxylation sites is 1. The average Bonchev–Trinajstić information content (AvgIpc) is 2.53. The molecule has 1 N–H and O–H groups in total. The van der Waals surface area contributed by atoms with E-state index in [9.17, 15) is 0 Å². The number of nitrogens with one attached hydrogen (secondary N) is 1. The predicted molar refractivity (Wildman–Crippen MR) is 103 cm³/mol. The number of aromatic nitrogens is 1. The molecule has 1 aromatic heterocycles. The number of benzene rings is 1. The van der Waals surface area contributed by atoms with Gasteiger partial charge in [-0.15, -0.1) is 31.4 Å². The van der Waals surface area contributed by atoms with Crippen LogP contribution in [0.3, 0.4) is 0 Å². The first-order valence-electron chi connectivity index (χ1n) is 7.40. The summed E-state index contributed by atoms with van der Waals surface area (Å²) in [5.74, 6) is 0. The first-order valence-corrected chi connectivity index (χ1v) is 7.78. The highest BCUT2D eigenvalue weighted by Gasteiger charge is 2.23. The van der Waals surface area contributed by atoms with Crippen molar-refractivity contribution in [2.24, 2.45) is 0 Å². The highest BCUT2D eigenvalue weighted by Crippen LogP contribution is 2.32. The second-order valence-corrected chi connectivity index (χ2v) is 5.75. The highest BCUT2D eigenvalue weighted by molar-refractivity contribution is 6.30. The maximum absolute atomic E-state index is 6.47. The first kappa shape index (κ1) is 20.2. The van der Waals surface area contributed by atoms with Crippen LogP contribution in [0.5, 0.6) is 0 Å².